The number of nitrogens with one attached hydrogen (secondary N) is 2. The van der Waals surface area contributed by atoms with Crippen LogP contribution in [0, 0.1) is 0 Å². The number of ether oxygens (including phenoxy) is 2. The fraction of sp³-hybridized carbons (Fsp3) is 0.423. The first-order chi connectivity index (χ1) is 18.6. The summed E-state index contributed by atoms with van der Waals surface area (Å²) in [6.07, 6.45) is 6.99. The Bertz CT molecular complexity index is 1450. The molecule has 1 saturated carbocycles. The molecule has 0 aromatic carbocycles. The van der Waals surface area contributed by atoms with Crippen LogP contribution in [0.3, 0.4) is 0 Å². The number of methoxy groups -OCH3 is 1. The molecule has 2 atom stereocenters. The SMILES string of the molecule is CNc1cc(-c2cnc3n(CC(=O)N4CCOCC4)cccc2-3)nc2c(C(=O)N[C@H]3CC[C@@H]3OC)cnn12. The molecule has 1 aliphatic carbocycles. The standard InChI is InChI=1S/C26H30N8O4/c1-27-22-12-20(30-25-18(14-29-34(22)25)26(36)31-19-5-6-21(19)37-2)17-13-28-24-16(17)4-3-7-33(24)15-23(35)32-8-10-38-11-9-32/h3-4,7,12-14,19,21,27H,5-6,8-11,15H2,1-2H3,(H,31,36)/t19-,21-/m0/s1. The molecule has 6 rings (SSSR count). The predicted octanol–water partition coefficient (Wildman–Crippen LogP) is 1.51. The van der Waals surface area contributed by atoms with E-state index in [1.165, 1.54) is 6.20 Å². The molecule has 2 amide bonds. The zero-order valence-corrected chi connectivity index (χ0v) is 21.4. The van der Waals surface area contributed by atoms with Gasteiger partial charge in [-0.05, 0) is 25.0 Å². The molecule has 38 heavy (non-hydrogen) atoms. The second kappa shape index (κ2) is 10.0. The number of carbonyl (C=O) groups excluding carboxylic acids is 2. The maximum atomic E-state index is 13.1. The number of rotatable bonds is 7. The number of pyridine rings is 1. The number of carbonyl (C=O) groups is 2. The summed E-state index contributed by atoms with van der Waals surface area (Å²) in [5.74, 6) is 1.18. The van der Waals surface area contributed by atoms with Gasteiger partial charge in [-0.3, -0.25) is 9.59 Å². The highest BCUT2D eigenvalue weighted by Gasteiger charge is 2.33. The van der Waals surface area contributed by atoms with Crippen molar-refractivity contribution in [2.45, 2.75) is 31.5 Å². The number of aromatic nitrogens is 5. The van der Waals surface area contributed by atoms with Gasteiger partial charge >= 0.3 is 0 Å². The summed E-state index contributed by atoms with van der Waals surface area (Å²) in [6, 6.07) is 5.72. The predicted molar refractivity (Wildman–Crippen MR) is 139 cm³/mol. The maximum Gasteiger partial charge on any atom is 0.257 e. The monoisotopic (exact) mass is 518 g/mol. The van der Waals surface area contributed by atoms with E-state index in [9.17, 15) is 9.59 Å². The molecule has 2 aromatic rings. The Morgan fingerprint density at radius 2 is 2.03 bits per heavy atom. The van der Waals surface area contributed by atoms with Gasteiger partial charge in [0, 0.05) is 56.8 Å². The normalized spacial score (nSPS) is 19.5. The van der Waals surface area contributed by atoms with Gasteiger partial charge in [0.1, 0.15) is 23.8 Å². The fourth-order valence-corrected chi connectivity index (χ4v) is 5.08. The maximum absolute atomic E-state index is 13.1. The van der Waals surface area contributed by atoms with Crippen LogP contribution in [0.5, 0.6) is 0 Å². The van der Waals surface area contributed by atoms with Gasteiger partial charge in [-0.2, -0.15) is 9.61 Å². The van der Waals surface area contributed by atoms with E-state index in [2.05, 4.69) is 20.7 Å². The lowest BCUT2D eigenvalue weighted by Gasteiger charge is -2.35. The topological polar surface area (TPSA) is 128 Å². The van der Waals surface area contributed by atoms with Gasteiger partial charge in [0.05, 0.1) is 37.3 Å². The van der Waals surface area contributed by atoms with Crippen LogP contribution in [-0.4, -0.2) is 93.5 Å². The number of amides is 2. The van der Waals surface area contributed by atoms with Crippen LogP contribution in [0.4, 0.5) is 5.82 Å². The molecule has 2 N–H and O–H groups in total. The first-order valence-corrected chi connectivity index (χ1v) is 12.8. The van der Waals surface area contributed by atoms with Crippen LogP contribution in [0.15, 0.2) is 36.8 Å². The summed E-state index contributed by atoms with van der Waals surface area (Å²) in [7, 11) is 3.45. The van der Waals surface area contributed by atoms with E-state index in [0.29, 0.717) is 54.9 Å². The lowest BCUT2D eigenvalue weighted by molar-refractivity contribution is -0.135. The molecule has 0 spiro atoms. The van der Waals surface area contributed by atoms with Gasteiger partial charge < -0.3 is 29.6 Å². The summed E-state index contributed by atoms with van der Waals surface area (Å²) < 4.78 is 14.3. The summed E-state index contributed by atoms with van der Waals surface area (Å²) in [5.41, 5.74) is 3.15. The van der Waals surface area contributed by atoms with E-state index in [1.54, 1.807) is 24.9 Å². The van der Waals surface area contributed by atoms with Crippen molar-refractivity contribution < 1.29 is 19.1 Å². The molecule has 0 bridgehead atoms. The van der Waals surface area contributed by atoms with E-state index in [4.69, 9.17) is 14.5 Å². The van der Waals surface area contributed by atoms with Crippen molar-refractivity contribution in [2.75, 3.05) is 45.8 Å². The summed E-state index contributed by atoms with van der Waals surface area (Å²) in [4.78, 5) is 37.3. The third-order valence-corrected chi connectivity index (χ3v) is 7.40. The average Bonchev–Trinajstić information content (AvgIpc) is 3.56. The second-order valence-electron chi connectivity index (χ2n) is 9.54. The number of morpholine rings is 1. The third kappa shape index (κ3) is 4.25. The van der Waals surface area contributed by atoms with Gasteiger partial charge in [0.2, 0.25) is 5.91 Å². The number of hydrogen-bond donors (Lipinski definition) is 2. The summed E-state index contributed by atoms with van der Waals surface area (Å²) >= 11 is 0. The third-order valence-electron chi connectivity index (χ3n) is 7.40. The number of nitrogens with zero attached hydrogens (tertiary/aromatic N) is 6. The quantitative estimate of drug-likeness (QED) is 0.377. The number of fused-ring (bicyclic) bond motifs is 2. The molecule has 1 saturated heterocycles. The van der Waals surface area contributed by atoms with Crippen molar-refractivity contribution in [3.8, 4) is 22.6 Å². The Hall–Kier alpha value is -4.03. The molecule has 2 fully saturated rings. The zero-order valence-electron chi connectivity index (χ0n) is 21.4. The molecule has 0 radical (unpaired) electrons. The largest absolute Gasteiger partial charge is 0.379 e. The highest BCUT2D eigenvalue weighted by atomic mass is 16.5. The molecular formula is C26H30N8O4. The first kappa shape index (κ1) is 24.3. The van der Waals surface area contributed by atoms with E-state index >= 15 is 0 Å². The molecule has 5 heterocycles. The van der Waals surface area contributed by atoms with Gasteiger partial charge in [-0.25, -0.2) is 9.97 Å². The lowest BCUT2D eigenvalue weighted by atomic mass is 9.89. The summed E-state index contributed by atoms with van der Waals surface area (Å²) in [5, 5.41) is 10.6. The van der Waals surface area contributed by atoms with Crippen molar-refractivity contribution in [2.24, 2.45) is 0 Å². The average molecular weight is 519 g/mol. The van der Waals surface area contributed by atoms with Crippen LogP contribution in [0.1, 0.15) is 23.2 Å². The Balaban J connectivity index is 1.31. The van der Waals surface area contributed by atoms with Crippen LogP contribution in [-0.2, 0) is 20.8 Å². The van der Waals surface area contributed by atoms with Crippen LogP contribution < -0.4 is 10.6 Å². The Morgan fingerprint density at radius 3 is 2.76 bits per heavy atom. The Labute approximate surface area is 219 Å². The van der Waals surface area contributed by atoms with Gasteiger partial charge in [-0.15, -0.1) is 0 Å². The first-order valence-electron chi connectivity index (χ1n) is 12.8. The van der Waals surface area contributed by atoms with Crippen molar-refractivity contribution in [1.29, 1.82) is 0 Å². The molecule has 2 aromatic heterocycles. The van der Waals surface area contributed by atoms with Crippen molar-refractivity contribution in [1.82, 2.24) is 34.4 Å². The van der Waals surface area contributed by atoms with E-state index in [-0.39, 0.29) is 30.5 Å². The van der Waals surface area contributed by atoms with E-state index < -0.39 is 0 Å². The highest BCUT2D eigenvalue weighted by Crippen LogP contribution is 2.34. The Kier molecular flexibility index (Phi) is 6.42. The minimum absolute atomic E-state index is 0.0201. The minimum atomic E-state index is -0.233. The van der Waals surface area contributed by atoms with Crippen LogP contribution in [0.25, 0.3) is 28.3 Å². The number of anilines is 1. The van der Waals surface area contributed by atoms with Gasteiger partial charge in [-0.1, -0.05) is 0 Å². The van der Waals surface area contributed by atoms with E-state index in [1.807, 2.05) is 33.9 Å². The molecule has 198 valence electrons. The molecule has 3 aliphatic heterocycles. The zero-order chi connectivity index (χ0) is 26.2. The van der Waals surface area contributed by atoms with Crippen LogP contribution >= 0.6 is 0 Å². The van der Waals surface area contributed by atoms with Crippen LogP contribution in [0.2, 0.25) is 0 Å². The molecule has 4 aliphatic rings. The molecular weight excluding hydrogens is 488 g/mol. The van der Waals surface area contributed by atoms with Gasteiger partial charge in [0.15, 0.2) is 5.65 Å². The second-order valence-corrected chi connectivity index (χ2v) is 9.54. The fourth-order valence-electron chi connectivity index (χ4n) is 5.08. The number of hydrogen-bond acceptors (Lipinski definition) is 8. The highest BCUT2D eigenvalue weighted by molar-refractivity contribution is 6.00. The van der Waals surface area contributed by atoms with Crippen molar-refractivity contribution in [3.63, 3.8) is 0 Å². The Morgan fingerprint density at radius 1 is 1.18 bits per heavy atom. The minimum Gasteiger partial charge on any atom is -0.379 e. The molecule has 0 unspecified atom stereocenters. The smallest absolute Gasteiger partial charge is 0.257 e. The van der Waals surface area contributed by atoms with Crippen molar-refractivity contribution in [3.05, 3.63) is 42.4 Å². The van der Waals surface area contributed by atoms with E-state index in [0.717, 1.165) is 24.0 Å². The van der Waals surface area contributed by atoms with Crippen molar-refractivity contribution >= 4 is 23.3 Å². The lowest BCUT2D eigenvalue weighted by Crippen LogP contribution is -2.51. The summed E-state index contributed by atoms with van der Waals surface area (Å²) in [6.45, 7) is 2.51. The molecule has 12 nitrogen and oxygen atoms in total. The van der Waals surface area contributed by atoms with Gasteiger partial charge in [0.25, 0.3) is 5.91 Å². The molecule has 12 heteroatoms.